The van der Waals surface area contributed by atoms with Crippen molar-refractivity contribution in [1.29, 1.82) is 0 Å². The van der Waals surface area contributed by atoms with Crippen molar-refractivity contribution in [2.45, 2.75) is 79.4 Å². The van der Waals surface area contributed by atoms with Crippen LogP contribution in [0.15, 0.2) is 0 Å². The minimum Gasteiger partial charge on any atom is -0.460 e. The van der Waals surface area contributed by atoms with Gasteiger partial charge in [0.1, 0.15) is 35.6 Å². The van der Waals surface area contributed by atoms with Gasteiger partial charge in [-0.1, -0.05) is 0 Å². The first-order valence-electron chi connectivity index (χ1n) is 7.05. The second-order valence-corrected chi connectivity index (χ2v) is 6.93. The molecule has 0 N–H and O–H groups in total. The average Bonchev–Trinajstić information content (AvgIpc) is 2.07. The molecule has 0 atom stereocenters. The van der Waals surface area contributed by atoms with Crippen LogP contribution in [-0.4, -0.2) is 34.7 Å². The third kappa shape index (κ3) is 20.6. The van der Waals surface area contributed by atoms with Crippen molar-refractivity contribution >= 4 is 23.5 Å². The normalized spacial score (nSPS) is 10.9. The number of carbonyl (C=O) groups excluding carboxylic acids is 4. The molecule has 0 aromatic rings. The van der Waals surface area contributed by atoms with Crippen LogP contribution >= 0.6 is 0 Å². The largest absolute Gasteiger partial charge is 0.460 e. The van der Waals surface area contributed by atoms with E-state index in [4.69, 9.17) is 9.47 Å². The van der Waals surface area contributed by atoms with Gasteiger partial charge in [-0.25, -0.2) is 0 Å². The molecular formula is C16H28O6. The zero-order valence-electron chi connectivity index (χ0n) is 14.9. The van der Waals surface area contributed by atoms with Crippen LogP contribution in [-0.2, 0) is 28.7 Å². The molecule has 0 amide bonds. The number of ketones is 2. The summed E-state index contributed by atoms with van der Waals surface area (Å²) in [4.78, 5) is 42.5. The third-order valence-corrected chi connectivity index (χ3v) is 1.63. The van der Waals surface area contributed by atoms with E-state index < -0.39 is 23.1 Å². The number of hydrogen-bond donors (Lipinski definition) is 0. The maximum atomic E-state index is 10.8. The Morgan fingerprint density at radius 2 is 0.864 bits per heavy atom. The molecule has 0 aromatic carbocycles. The lowest BCUT2D eigenvalue weighted by Gasteiger charge is -2.18. The first-order chi connectivity index (χ1) is 9.62. The molecule has 0 spiro atoms. The number of Topliss-reactive ketones (excluding diaryl/α,β-unsaturated/α-hetero) is 2. The van der Waals surface area contributed by atoms with Crippen molar-refractivity contribution in [3.8, 4) is 0 Å². The molecule has 0 saturated carbocycles. The van der Waals surface area contributed by atoms with Crippen molar-refractivity contribution in [2.24, 2.45) is 0 Å². The Balaban J connectivity index is 0. The van der Waals surface area contributed by atoms with E-state index in [2.05, 4.69) is 0 Å². The van der Waals surface area contributed by atoms with Crippen molar-refractivity contribution in [3.05, 3.63) is 0 Å². The molecule has 0 saturated heterocycles. The van der Waals surface area contributed by atoms with E-state index in [9.17, 15) is 19.2 Å². The summed E-state index contributed by atoms with van der Waals surface area (Å²) in [5, 5.41) is 0. The van der Waals surface area contributed by atoms with Gasteiger partial charge in [-0.15, -0.1) is 0 Å². The fourth-order valence-electron chi connectivity index (χ4n) is 1.16. The molecule has 0 aliphatic rings. The highest BCUT2D eigenvalue weighted by Gasteiger charge is 2.17. The topological polar surface area (TPSA) is 86.7 Å². The molecule has 0 aliphatic heterocycles. The van der Waals surface area contributed by atoms with E-state index in [1.165, 1.54) is 13.8 Å². The Hall–Kier alpha value is -1.72. The van der Waals surface area contributed by atoms with Gasteiger partial charge in [0.15, 0.2) is 0 Å². The Kier molecular flexibility index (Phi) is 9.57. The van der Waals surface area contributed by atoms with Gasteiger partial charge in [0.25, 0.3) is 0 Å². The summed E-state index contributed by atoms with van der Waals surface area (Å²) in [5.74, 6) is -1.24. The van der Waals surface area contributed by atoms with Crippen molar-refractivity contribution in [3.63, 3.8) is 0 Å². The van der Waals surface area contributed by atoms with Crippen LogP contribution in [0.3, 0.4) is 0 Å². The maximum Gasteiger partial charge on any atom is 0.313 e. The van der Waals surface area contributed by atoms with E-state index in [1.807, 2.05) is 0 Å². The fraction of sp³-hybridized carbons (Fsp3) is 0.750. The predicted octanol–water partition coefficient (Wildman–Crippen LogP) is 2.61. The maximum absolute atomic E-state index is 10.8. The van der Waals surface area contributed by atoms with Crippen molar-refractivity contribution < 1.29 is 28.7 Å². The molecule has 0 unspecified atom stereocenters. The number of esters is 2. The van der Waals surface area contributed by atoms with Gasteiger partial charge < -0.3 is 9.47 Å². The summed E-state index contributed by atoms with van der Waals surface area (Å²) in [7, 11) is 0. The van der Waals surface area contributed by atoms with Crippen LogP contribution in [0.2, 0.25) is 0 Å². The van der Waals surface area contributed by atoms with Gasteiger partial charge in [-0.3, -0.25) is 19.2 Å². The second kappa shape index (κ2) is 9.33. The van der Waals surface area contributed by atoms with Gasteiger partial charge in [-0.2, -0.15) is 0 Å². The molecule has 0 fully saturated rings. The van der Waals surface area contributed by atoms with Crippen LogP contribution in [0.1, 0.15) is 68.2 Å². The Morgan fingerprint density at radius 3 is 1.00 bits per heavy atom. The van der Waals surface area contributed by atoms with Gasteiger partial charge in [0.05, 0.1) is 0 Å². The van der Waals surface area contributed by atoms with Gasteiger partial charge in [0, 0.05) is 0 Å². The summed E-state index contributed by atoms with van der Waals surface area (Å²) < 4.78 is 9.78. The zero-order valence-corrected chi connectivity index (χ0v) is 14.9. The Morgan fingerprint density at radius 1 is 0.636 bits per heavy atom. The fourth-order valence-corrected chi connectivity index (χ4v) is 1.16. The van der Waals surface area contributed by atoms with Crippen LogP contribution in [0.4, 0.5) is 0 Å². The van der Waals surface area contributed by atoms with Gasteiger partial charge in [0.2, 0.25) is 0 Å². The van der Waals surface area contributed by atoms with Crippen LogP contribution in [0, 0.1) is 0 Å². The molecule has 6 nitrogen and oxygen atoms in total. The standard InChI is InChI=1S/2C8H14O3/c2*1-6(9)5-7(10)11-8(2,3)4/h2*5H2,1-4H3. The van der Waals surface area contributed by atoms with Crippen LogP contribution < -0.4 is 0 Å². The van der Waals surface area contributed by atoms with E-state index in [-0.39, 0.29) is 24.4 Å². The first kappa shape index (κ1) is 22.6. The molecule has 6 heteroatoms. The summed E-state index contributed by atoms with van der Waals surface area (Å²) in [5.41, 5.74) is -0.987. The van der Waals surface area contributed by atoms with E-state index in [0.717, 1.165) is 0 Å². The number of ether oxygens (including phenoxy) is 2. The van der Waals surface area contributed by atoms with Gasteiger partial charge >= 0.3 is 11.9 Å². The van der Waals surface area contributed by atoms with Gasteiger partial charge in [-0.05, 0) is 55.4 Å². The van der Waals surface area contributed by atoms with E-state index in [1.54, 1.807) is 41.5 Å². The SMILES string of the molecule is CC(=O)CC(=O)OC(C)(C)C.CC(=O)CC(=O)OC(C)(C)C. The molecule has 0 aliphatic carbocycles. The highest BCUT2D eigenvalue weighted by Crippen LogP contribution is 2.08. The zero-order chi connectivity index (χ0) is 18.1. The highest BCUT2D eigenvalue weighted by molar-refractivity contribution is 5.94. The van der Waals surface area contributed by atoms with Crippen LogP contribution in [0.5, 0.6) is 0 Å². The predicted molar refractivity (Wildman–Crippen MR) is 82.3 cm³/mol. The lowest BCUT2D eigenvalue weighted by atomic mass is 10.2. The van der Waals surface area contributed by atoms with Crippen LogP contribution in [0.25, 0.3) is 0 Å². The lowest BCUT2D eigenvalue weighted by Crippen LogP contribution is -2.24. The van der Waals surface area contributed by atoms with Crippen molar-refractivity contribution in [2.75, 3.05) is 0 Å². The molecule has 128 valence electrons. The Bertz CT molecular complexity index is 369. The minimum atomic E-state index is -0.494. The summed E-state index contributed by atoms with van der Waals surface area (Å²) in [6.07, 6.45) is -0.255. The molecule has 0 heterocycles. The number of rotatable bonds is 4. The number of carbonyl (C=O) groups is 4. The highest BCUT2D eigenvalue weighted by atomic mass is 16.6. The summed E-state index contributed by atoms with van der Waals surface area (Å²) in [6, 6.07) is 0. The quantitative estimate of drug-likeness (QED) is 0.585. The van der Waals surface area contributed by atoms with E-state index in [0.29, 0.717) is 0 Å². The summed E-state index contributed by atoms with van der Waals surface area (Å²) in [6.45, 7) is 13.3. The smallest absolute Gasteiger partial charge is 0.313 e. The summed E-state index contributed by atoms with van der Waals surface area (Å²) >= 11 is 0. The molecule has 22 heavy (non-hydrogen) atoms. The first-order valence-corrected chi connectivity index (χ1v) is 7.05. The molecular weight excluding hydrogens is 288 g/mol. The Labute approximate surface area is 132 Å². The molecule has 0 radical (unpaired) electrons. The monoisotopic (exact) mass is 316 g/mol. The average molecular weight is 316 g/mol. The van der Waals surface area contributed by atoms with E-state index >= 15 is 0 Å². The van der Waals surface area contributed by atoms with Crippen molar-refractivity contribution in [1.82, 2.24) is 0 Å². The number of hydrogen-bond acceptors (Lipinski definition) is 6. The lowest BCUT2D eigenvalue weighted by molar-refractivity contribution is -0.157. The third-order valence-electron chi connectivity index (χ3n) is 1.63. The minimum absolute atomic E-state index is 0.128. The molecule has 0 aromatic heterocycles. The molecule has 0 bridgehead atoms. The molecule has 0 rings (SSSR count). The second-order valence-electron chi connectivity index (χ2n) is 6.93.